The summed E-state index contributed by atoms with van der Waals surface area (Å²) in [5.74, 6) is 1.73. The van der Waals surface area contributed by atoms with Gasteiger partial charge in [0.2, 0.25) is 0 Å². The van der Waals surface area contributed by atoms with Crippen LogP contribution in [-0.2, 0) is 16.4 Å². The Morgan fingerprint density at radius 2 is 2.25 bits per heavy atom. The van der Waals surface area contributed by atoms with Gasteiger partial charge in [0.05, 0.1) is 0 Å². The molecule has 2 rings (SSSR count). The number of halogens is 1. The van der Waals surface area contributed by atoms with E-state index in [1.165, 1.54) is 0 Å². The molecule has 0 saturated carbocycles. The van der Waals surface area contributed by atoms with Gasteiger partial charge in [-0.3, -0.25) is 4.90 Å². The van der Waals surface area contributed by atoms with Gasteiger partial charge in [-0.25, -0.2) is 8.42 Å². The SMILES string of the molecule is CCS(=O)(=O)C1CSCCN1Cc1cc(Cl)ccc1N. The van der Waals surface area contributed by atoms with E-state index in [2.05, 4.69) is 0 Å². The average molecular weight is 335 g/mol. The fraction of sp³-hybridized carbons (Fsp3) is 0.538. The summed E-state index contributed by atoms with van der Waals surface area (Å²) in [6.45, 7) is 2.97. The van der Waals surface area contributed by atoms with Crippen molar-refractivity contribution in [1.82, 2.24) is 4.90 Å². The molecule has 1 unspecified atom stereocenters. The molecule has 4 nitrogen and oxygen atoms in total. The summed E-state index contributed by atoms with van der Waals surface area (Å²) in [5, 5.41) is 0.195. The monoisotopic (exact) mass is 334 g/mol. The number of sulfone groups is 1. The summed E-state index contributed by atoms with van der Waals surface area (Å²) in [6.07, 6.45) is 0. The van der Waals surface area contributed by atoms with Crippen LogP contribution in [0.3, 0.4) is 0 Å². The van der Waals surface area contributed by atoms with E-state index in [4.69, 9.17) is 17.3 Å². The van der Waals surface area contributed by atoms with E-state index in [1.807, 2.05) is 11.0 Å². The zero-order valence-electron chi connectivity index (χ0n) is 11.4. The normalized spacial score (nSPS) is 21.0. The largest absolute Gasteiger partial charge is 0.398 e. The molecule has 0 spiro atoms. The molecule has 0 amide bonds. The van der Waals surface area contributed by atoms with Crippen LogP contribution in [0.15, 0.2) is 18.2 Å². The first-order chi connectivity index (χ1) is 9.44. The molecular weight excluding hydrogens is 316 g/mol. The van der Waals surface area contributed by atoms with Crippen molar-refractivity contribution in [1.29, 1.82) is 0 Å². The van der Waals surface area contributed by atoms with Gasteiger partial charge in [0.15, 0.2) is 9.84 Å². The molecule has 2 N–H and O–H groups in total. The Hall–Kier alpha value is -0.430. The topological polar surface area (TPSA) is 63.4 Å². The lowest BCUT2D eigenvalue weighted by atomic mass is 10.1. The van der Waals surface area contributed by atoms with Gasteiger partial charge >= 0.3 is 0 Å². The van der Waals surface area contributed by atoms with Crippen molar-refractivity contribution >= 4 is 38.9 Å². The number of thioether (sulfide) groups is 1. The van der Waals surface area contributed by atoms with Crippen LogP contribution in [-0.4, -0.2) is 42.5 Å². The van der Waals surface area contributed by atoms with Crippen molar-refractivity contribution in [2.75, 3.05) is 29.5 Å². The predicted octanol–water partition coefficient (Wildman–Crippen LogP) is 2.23. The minimum atomic E-state index is -3.08. The Morgan fingerprint density at radius 1 is 1.50 bits per heavy atom. The summed E-state index contributed by atoms with van der Waals surface area (Å²) in [5.41, 5.74) is 7.50. The smallest absolute Gasteiger partial charge is 0.166 e. The molecule has 0 bridgehead atoms. The van der Waals surface area contributed by atoms with Crippen LogP contribution in [0.4, 0.5) is 5.69 Å². The molecule has 1 atom stereocenters. The van der Waals surface area contributed by atoms with E-state index >= 15 is 0 Å². The number of anilines is 1. The van der Waals surface area contributed by atoms with Crippen LogP contribution in [0.1, 0.15) is 12.5 Å². The zero-order valence-corrected chi connectivity index (χ0v) is 13.8. The molecule has 1 saturated heterocycles. The van der Waals surface area contributed by atoms with Crippen molar-refractivity contribution in [2.24, 2.45) is 0 Å². The minimum Gasteiger partial charge on any atom is -0.398 e. The first-order valence-electron chi connectivity index (χ1n) is 6.51. The number of nitrogens with zero attached hydrogens (tertiary/aromatic N) is 1. The molecule has 7 heteroatoms. The van der Waals surface area contributed by atoms with E-state index in [0.717, 1.165) is 17.9 Å². The first-order valence-corrected chi connectivity index (χ1v) is 9.76. The van der Waals surface area contributed by atoms with Crippen LogP contribution >= 0.6 is 23.4 Å². The Morgan fingerprint density at radius 3 is 2.95 bits per heavy atom. The van der Waals surface area contributed by atoms with E-state index in [-0.39, 0.29) is 5.75 Å². The van der Waals surface area contributed by atoms with Crippen LogP contribution in [0.5, 0.6) is 0 Å². The van der Waals surface area contributed by atoms with Crippen molar-refractivity contribution in [3.8, 4) is 0 Å². The van der Waals surface area contributed by atoms with Gasteiger partial charge in [0.25, 0.3) is 0 Å². The highest BCUT2D eigenvalue weighted by Gasteiger charge is 2.32. The molecular formula is C13H19ClN2O2S2. The highest BCUT2D eigenvalue weighted by molar-refractivity contribution is 8.01. The summed E-state index contributed by atoms with van der Waals surface area (Å²) >= 11 is 7.68. The molecule has 1 fully saturated rings. The Balaban J connectivity index is 2.23. The summed E-state index contributed by atoms with van der Waals surface area (Å²) in [7, 11) is -3.08. The van der Waals surface area contributed by atoms with E-state index in [9.17, 15) is 8.42 Å². The molecule has 1 aromatic rings. The summed E-state index contributed by atoms with van der Waals surface area (Å²) in [6, 6.07) is 5.32. The van der Waals surface area contributed by atoms with Gasteiger partial charge < -0.3 is 5.73 Å². The molecule has 112 valence electrons. The van der Waals surface area contributed by atoms with Gasteiger partial charge in [0.1, 0.15) is 5.37 Å². The van der Waals surface area contributed by atoms with Crippen molar-refractivity contribution < 1.29 is 8.42 Å². The van der Waals surface area contributed by atoms with E-state index < -0.39 is 15.2 Å². The molecule has 1 aromatic carbocycles. The van der Waals surface area contributed by atoms with Crippen LogP contribution in [0, 0.1) is 0 Å². The number of rotatable bonds is 4. The fourth-order valence-electron chi connectivity index (χ4n) is 2.25. The lowest BCUT2D eigenvalue weighted by Gasteiger charge is -2.34. The van der Waals surface area contributed by atoms with Crippen LogP contribution in [0.2, 0.25) is 5.02 Å². The average Bonchev–Trinajstić information content (AvgIpc) is 2.43. The third kappa shape index (κ3) is 3.61. The van der Waals surface area contributed by atoms with Gasteiger partial charge in [-0.1, -0.05) is 18.5 Å². The predicted molar refractivity (Wildman–Crippen MR) is 86.8 cm³/mol. The molecule has 0 aliphatic carbocycles. The maximum atomic E-state index is 12.2. The van der Waals surface area contributed by atoms with Gasteiger partial charge in [0, 0.05) is 41.1 Å². The van der Waals surface area contributed by atoms with E-state index in [0.29, 0.717) is 23.0 Å². The van der Waals surface area contributed by atoms with Crippen LogP contribution in [0.25, 0.3) is 0 Å². The van der Waals surface area contributed by atoms with Gasteiger partial charge in [-0.2, -0.15) is 11.8 Å². The second-order valence-corrected chi connectivity index (χ2v) is 8.83. The Kier molecular flexibility index (Phi) is 5.23. The summed E-state index contributed by atoms with van der Waals surface area (Å²) < 4.78 is 24.4. The lowest BCUT2D eigenvalue weighted by molar-refractivity contribution is 0.262. The quantitative estimate of drug-likeness (QED) is 0.855. The van der Waals surface area contributed by atoms with Gasteiger partial charge in [-0.15, -0.1) is 0 Å². The third-order valence-corrected chi connectivity index (χ3v) is 7.05. The lowest BCUT2D eigenvalue weighted by Crippen LogP contribution is -2.47. The number of hydrogen-bond donors (Lipinski definition) is 1. The summed E-state index contributed by atoms with van der Waals surface area (Å²) in [4.78, 5) is 2.00. The second kappa shape index (κ2) is 6.56. The van der Waals surface area contributed by atoms with Crippen LogP contribution < -0.4 is 5.73 Å². The zero-order chi connectivity index (χ0) is 14.8. The van der Waals surface area contributed by atoms with Crippen molar-refractivity contribution in [3.05, 3.63) is 28.8 Å². The molecule has 0 radical (unpaired) electrons. The molecule has 1 heterocycles. The maximum Gasteiger partial charge on any atom is 0.166 e. The molecule has 1 aliphatic rings. The Bertz CT molecular complexity index is 578. The Labute approximate surface area is 129 Å². The van der Waals surface area contributed by atoms with Crippen molar-refractivity contribution in [2.45, 2.75) is 18.8 Å². The molecule has 1 aliphatic heterocycles. The third-order valence-electron chi connectivity index (χ3n) is 3.49. The number of nitrogen functional groups attached to an aromatic ring is 1. The first kappa shape index (κ1) is 15.9. The highest BCUT2D eigenvalue weighted by Crippen LogP contribution is 2.26. The number of nitrogens with two attached hydrogens (primary N) is 1. The fourth-order valence-corrected chi connectivity index (χ4v) is 5.52. The molecule has 20 heavy (non-hydrogen) atoms. The van der Waals surface area contributed by atoms with E-state index in [1.54, 1.807) is 30.8 Å². The number of hydrogen-bond acceptors (Lipinski definition) is 5. The highest BCUT2D eigenvalue weighted by atomic mass is 35.5. The minimum absolute atomic E-state index is 0.166. The van der Waals surface area contributed by atoms with Gasteiger partial charge in [-0.05, 0) is 23.8 Å². The van der Waals surface area contributed by atoms with Crippen molar-refractivity contribution in [3.63, 3.8) is 0 Å². The standard InChI is InChI=1S/C13H19ClN2O2S2/c1-2-20(17,18)13-9-19-6-5-16(13)8-10-7-11(14)3-4-12(10)15/h3-4,7,13H,2,5-6,8-9,15H2,1H3. The number of benzene rings is 1. The maximum absolute atomic E-state index is 12.2. The second-order valence-electron chi connectivity index (χ2n) is 4.79. The molecule has 0 aromatic heterocycles.